The predicted octanol–water partition coefficient (Wildman–Crippen LogP) is 15.2. The smallest absolute Gasteiger partial charge is 0.160 e. The Morgan fingerprint density at radius 2 is 0.966 bits per heavy atom. The van der Waals surface area contributed by atoms with E-state index >= 15 is 0 Å². The molecule has 3 aromatic heterocycles. The highest BCUT2D eigenvalue weighted by atomic mass is 32.1. The van der Waals surface area contributed by atoms with E-state index in [0.29, 0.717) is 0 Å². The molecular weight excluding hydrogens is 723 g/mol. The van der Waals surface area contributed by atoms with Gasteiger partial charge in [-0.2, -0.15) is 0 Å². The van der Waals surface area contributed by atoms with Crippen molar-refractivity contribution in [2.24, 2.45) is 0 Å². The predicted molar refractivity (Wildman–Crippen MR) is 248 cm³/mol. The highest BCUT2D eigenvalue weighted by Crippen LogP contribution is 2.47. The van der Waals surface area contributed by atoms with Crippen molar-refractivity contribution in [1.82, 2.24) is 14.5 Å². The van der Waals surface area contributed by atoms with Crippen LogP contribution in [0.3, 0.4) is 0 Å². The van der Waals surface area contributed by atoms with Crippen LogP contribution in [0.4, 0.5) is 0 Å². The molecule has 0 atom stereocenters. The van der Waals surface area contributed by atoms with E-state index in [9.17, 15) is 0 Å². The Balaban J connectivity index is 1.36. The lowest BCUT2D eigenvalue weighted by Crippen LogP contribution is -2.10. The minimum atomic E-state index is 0.00957. The molecule has 0 saturated heterocycles. The van der Waals surface area contributed by atoms with Gasteiger partial charge in [-0.25, -0.2) is 9.97 Å². The highest BCUT2D eigenvalue weighted by molar-refractivity contribution is 7.26. The normalized spacial score (nSPS) is 12.3. The molecular formula is C54H45N3S. The summed E-state index contributed by atoms with van der Waals surface area (Å²) in [5.74, 6) is 0.725. The van der Waals surface area contributed by atoms with Gasteiger partial charge in [-0.15, -0.1) is 11.3 Å². The van der Waals surface area contributed by atoms with Gasteiger partial charge >= 0.3 is 0 Å². The Morgan fingerprint density at radius 1 is 0.448 bits per heavy atom. The molecule has 0 radical (unpaired) electrons. The Labute approximate surface area is 344 Å². The molecule has 0 unspecified atom stereocenters. The number of nitrogens with zero attached hydrogens (tertiary/aromatic N) is 3. The van der Waals surface area contributed by atoms with Crippen LogP contribution >= 0.6 is 11.3 Å². The first-order valence-corrected chi connectivity index (χ1v) is 21.0. The van der Waals surface area contributed by atoms with Gasteiger partial charge in [0.05, 0.1) is 32.6 Å². The van der Waals surface area contributed by atoms with Gasteiger partial charge in [0.15, 0.2) is 5.82 Å². The van der Waals surface area contributed by atoms with Crippen LogP contribution in [-0.2, 0) is 10.8 Å². The summed E-state index contributed by atoms with van der Waals surface area (Å²) in [6.07, 6.45) is 0. The lowest BCUT2D eigenvalue weighted by molar-refractivity contribution is 0.590. The van der Waals surface area contributed by atoms with Gasteiger partial charge in [-0.3, -0.25) is 0 Å². The lowest BCUT2D eigenvalue weighted by Gasteiger charge is -2.21. The summed E-state index contributed by atoms with van der Waals surface area (Å²) in [6, 6.07) is 59.7. The molecule has 3 heterocycles. The van der Waals surface area contributed by atoms with Crippen molar-refractivity contribution in [3.8, 4) is 50.6 Å². The SMILES string of the molecule is CC(C)(C)c1ccc2c(c1)c1cc(C(C)(C)C)ccc1n2-c1cc(-c2ccccc2)c(-c2nc(-c3ccccc3)nc3c2sc2ccccc23)cc1-c1ccccc1. The Bertz CT molecular complexity index is 3090. The van der Waals surface area contributed by atoms with Crippen molar-refractivity contribution in [3.63, 3.8) is 0 Å². The van der Waals surface area contributed by atoms with Crippen molar-refractivity contribution in [2.75, 3.05) is 0 Å². The van der Waals surface area contributed by atoms with Gasteiger partial charge < -0.3 is 4.57 Å². The zero-order chi connectivity index (χ0) is 39.8. The second-order valence-corrected chi connectivity index (χ2v) is 18.5. The van der Waals surface area contributed by atoms with E-state index in [-0.39, 0.29) is 10.8 Å². The molecule has 7 aromatic carbocycles. The number of hydrogen-bond acceptors (Lipinski definition) is 3. The van der Waals surface area contributed by atoms with E-state index in [1.807, 2.05) is 6.07 Å². The average molecular weight is 768 g/mol. The molecule has 0 aliphatic rings. The van der Waals surface area contributed by atoms with Crippen LogP contribution in [0.15, 0.2) is 164 Å². The highest BCUT2D eigenvalue weighted by Gasteiger charge is 2.25. The topological polar surface area (TPSA) is 30.7 Å². The Kier molecular flexibility index (Phi) is 8.47. The van der Waals surface area contributed by atoms with Gasteiger partial charge in [0.25, 0.3) is 0 Å². The zero-order valence-electron chi connectivity index (χ0n) is 33.8. The number of benzene rings is 7. The first kappa shape index (κ1) is 36.0. The molecule has 3 nitrogen and oxygen atoms in total. The largest absolute Gasteiger partial charge is 0.309 e. The minimum Gasteiger partial charge on any atom is -0.309 e. The van der Waals surface area contributed by atoms with E-state index in [2.05, 4.69) is 204 Å². The van der Waals surface area contributed by atoms with Crippen LogP contribution in [0, 0.1) is 0 Å². The third-order valence-corrected chi connectivity index (χ3v) is 12.7. The molecule has 0 bridgehead atoms. The van der Waals surface area contributed by atoms with Crippen molar-refractivity contribution < 1.29 is 0 Å². The van der Waals surface area contributed by atoms with Crippen LogP contribution < -0.4 is 0 Å². The molecule has 10 aromatic rings. The molecule has 0 aliphatic carbocycles. The van der Waals surface area contributed by atoms with Gasteiger partial charge in [0.2, 0.25) is 0 Å². The number of hydrogen-bond donors (Lipinski definition) is 0. The fourth-order valence-electron chi connectivity index (χ4n) is 8.38. The van der Waals surface area contributed by atoms with Gasteiger partial charge in [0, 0.05) is 37.5 Å². The molecule has 58 heavy (non-hydrogen) atoms. The quantitative estimate of drug-likeness (QED) is 0.175. The summed E-state index contributed by atoms with van der Waals surface area (Å²) in [7, 11) is 0. The van der Waals surface area contributed by atoms with Gasteiger partial charge in [-0.1, -0.05) is 163 Å². The average Bonchev–Trinajstić information content (AvgIpc) is 3.78. The number of fused-ring (bicyclic) bond motifs is 6. The van der Waals surface area contributed by atoms with E-state index in [0.717, 1.165) is 66.2 Å². The first-order chi connectivity index (χ1) is 28.0. The summed E-state index contributed by atoms with van der Waals surface area (Å²) >= 11 is 1.77. The monoisotopic (exact) mass is 767 g/mol. The van der Waals surface area contributed by atoms with Crippen LogP contribution in [0.5, 0.6) is 0 Å². The van der Waals surface area contributed by atoms with Gasteiger partial charge in [-0.05, 0) is 81.1 Å². The maximum Gasteiger partial charge on any atom is 0.160 e. The molecule has 0 saturated carbocycles. The van der Waals surface area contributed by atoms with Crippen LogP contribution in [0.1, 0.15) is 52.7 Å². The maximum atomic E-state index is 5.51. The molecule has 10 rings (SSSR count). The second-order valence-electron chi connectivity index (χ2n) is 17.5. The third kappa shape index (κ3) is 6.11. The summed E-state index contributed by atoms with van der Waals surface area (Å²) in [5, 5.41) is 3.69. The van der Waals surface area contributed by atoms with E-state index < -0.39 is 0 Å². The molecule has 0 spiro atoms. The Morgan fingerprint density at radius 3 is 1.53 bits per heavy atom. The summed E-state index contributed by atoms with van der Waals surface area (Å²) in [4.78, 5) is 10.8. The van der Waals surface area contributed by atoms with Crippen LogP contribution in [-0.4, -0.2) is 14.5 Å². The number of rotatable bonds is 5. The van der Waals surface area contributed by atoms with Crippen molar-refractivity contribution >= 4 is 53.4 Å². The molecule has 0 amide bonds. The molecule has 0 N–H and O–H groups in total. The second kappa shape index (κ2) is 13.6. The van der Waals surface area contributed by atoms with Crippen molar-refractivity contribution in [2.45, 2.75) is 52.4 Å². The summed E-state index contributed by atoms with van der Waals surface area (Å²) < 4.78 is 4.80. The number of aromatic nitrogens is 3. The third-order valence-electron chi connectivity index (χ3n) is 11.6. The fourth-order valence-corrected chi connectivity index (χ4v) is 9.53. The van der Waals surface area contributed by atoms with Crippen LogP contribution in [0.25, 0.3) is 92.7 Å². The van der Waals surface area contributed by atoms with Crippen molar-refractivity contribution in [3.05, 3.63) is 175 Å². The summed E-state index contributed by atoms with van der Waals surface area (Å²) in [5.41, 5.74) is 14.8. The van der Waals surface area contributed by atoms with Crippen molar-refractivity contribution in [1.29, 1.82) is 0 Å². The molecule has 0 aliphatic heterocycles. The summed E-state index contributed by atoms with van der Waals surface area (Å²) in [6.45, 7) is 13.8. The van der Waals surface area contributed by atoms with Gasteiger partial charge in [0.1, 0.15) is 0 Å². The van der Waals surface area contributed by atoms with Crippen LogP contribution in [0.2, 0.25) is 0 Å². The standard InChI is InChI=1S/C54H45N3S/c1-53(2,3)37-26-28-45-42(30-37)43-31-38(54(4,5)6)27-29-46(43)57(45)47-33-40(34-18-10-7-11-19-34)44(32-41(47)35-20-12-8-13-21-35)50-51-49(39-24-16-17-25-48(39)58-51)55-52(56-50)36-22-14-9-15-23-36/h7-33H,1-6H3. The minimum absolute atomic E-state index is 0.00957. The molecule has 282 valence electrons. The maximum absolute atomic E-state index is 5.51. The zero-order valence-corrected chi connectivity index (χ0v) is 34.7. The molecule has 4 heteroatoms. The Hall–Kier alpha value is -6.36. The van der Waals surface area contributed by atoms with E-state index in [1.165, 1.54) is 37.6 Å². The lowest BCUT2D eigenvalue weighted by atomic mass is 9.85. The fraction of sp³-hybridized carbons (Fsp3) is 0.148. The molecule has 0 fully saturated rings. The first-order valence-electron chi connectivity index (χ1n) is 20.2. The van der Waals surface area contributed by atoms with E-state index in [4.69, 9.17) is 9.97 Å². The number of thiophene rings is 1. The van der Waals surface area contributed by atoms with E-state index in [1.54, 1.807) is 11.3 Å².